The first-order valence-corrected chi connectivity index (χ1v) is 5.88. The molecule has 0 aliphatic rings. The quantitative estimate of drug-likeness (QED) is 0.447. The molecule has 2 aromatic rings. The van der Waals surface area contributed by atoms with Gasteiger partial charge in [0, 0.05) is 11.6 Å². The van der Waals surface area contributed by atoms with E-state index in [4.69, 9.17) is 4.79 Å². The van der Waals surface area contributed by atoms with E-state index >= 15 is 0 Å². The number of hydrogen-bond acceptors (Lipinski definition) is 4. The predicted octanol–water partition coefficient (Wildman–Crippen LogP) is 1.40. The van der Waals surface area contributed by atoms with Gasteiger partial charge < -0.3 is 10.7 Å². The Balaban J connectivity index is 0.000000386. The number of aromatic amines is 1. The summed E-state index contributed by atoms with van der Waals surface area (Å²) in [6.45, 7) is 4.08. The molecule has 0 unspecified atom stereocenters. The summed E-state index contributed by atoms with van der Waals surface area (Å²) in [6, 6.07) is 0. The fraction of sp³-hybridized carbons (Fsp3) is 0.300. The van der Waals surface area contributed by atoms with Crippen LogP contribution in [0.25, 0.3) is 11.0 Å². The summed E-state index contributed by atoms with van der Waals surface area (Å²) < 4.78 is 0. The molecule has 0 saturated carbocycles. The van der Waals surface area contributed by atoms with E-state index in [0.717, 1.165) is 21.9 Å². The average molecular weight is 238 g/mol. The third-order valence-corrected chi connectivity index (χ3v) is 2.62. The maximum atomic E-state index is 8.58. The Labute approximate surface area is 97.9 Å². The van der Waals surface area contributed by atoms with E-state index in [-0.39, 0.29) is 6.41 Å². The molecule has 86 valence electrons. The molecule has 2 heterocycles. The van der Waals surface area contributed by atoms with E-state index in [1.165, 1.54) is 5.56 Å². The van der Waals surface area contributed by atoms with Crippen LogP contribution in [0.2, 0.25) is 0 Å². The van der Waals surface area contributed by atoms with Gasteiger partial charge in [0.1, 0.15) is 5.65 Å². The maximum absolute atomic E-state index is 8.58. The van der Waals surface area contributed by atoms with Crippen LogP contribution in [0.15, 0.2) is 11.4 Å². The van der Waals surface area contributed by atoms with Gasteiger partial charge in [-0.05, 0) is 25.7 Å². The van der Waals surface area contributed by atoms with E-state index < -0.39 is 0 Å². The summed E-state index contributed by atoms with van der Waals surface area (Å²) in [5.74, 6) is 0. The minimum atomic E-state index is 0.250. The van der Waals surface area contributed by atoms with E-state index in [9.17, 15) is 0 Å². The number of nitrogens with two attached hydrogens (primary N) is 1. The number of H-pyrrole nitrogens is 1. The monoisotopic (exact) mass is 238 g/mol. The number of aromatic nitrogens is 3. The van der Waals surface area contributed by atoms with Crippen LogP contribution >= 0.6 is 11.8 Å². The Morgan fingerprint density at radius 2 is 2.06 bits per heavy atom. The normalized spacial score (nSPS) is 9.69. The first kappa shape index (κ1) is 12.5. The summed E-state index contributed by atoms with van der Waals surface area (Å²) in [5.41, 5.74) is 7.36. The minimum absolute atomic E-state index is 0.250. The van der Waals surface area contributed by atoms with Crippen LogP contribution in [0.4, 0.5) is 0 Å². The fourth-order valence-corrected chi connectivity index (χ4v) is 1.87. The molecule has 6 heteroatoms. The van der Waals surface area contributed by atoms with Gasteiger partial charge >= 0.3 is 0 Å². The number of hydrogen-bond donors (Lipinski definition) is 2. The zero-order chi connectivity index (χ0) is 12.1. The summed E-state index contributed by atoms with van der Waals surface area (Å²) in [4.78, 5) is 20.5. The van der Waals surface area contributed by atoms with E-state index in [1.807, 2.05) is 19.4 Å². The second-order valence-electron chi connectivity index (χ2n) is 3.13. The molecule has 16 heavy (non-hydrogen) atoms. The van der Waals surface area contributed by atoms with Gasteiger partial charge in [0.05, 0.1) is 5.69 Å². The highest BCUT2D eigenvalue weighted by Gasteiger charge is 2.06. The highest BCUT2D eigenvalue weighted by Crippen LogP contribution is 2.21. The van der Waals surface area contributed by atoms with Gasteiger partial charge in [0.2, 0.25) is 6.41 Å². The van der Waals surface area contributed by atoms with Gasteiger partial charge in [-0.25, -0.2) is 9.97 Å². The van der Waals surface area contributed by atoms with Crippen molar-refractivity contribution in [1.82, 2.24) is 15.0 Å². The van der Waals surface area contributed by atoms with Gasteiger partial charge in [-0.1, -0.05) is 11.8 Å². The van der Waals surface area contributed by atoms with E-state index in [0.29, 0.717) is 0 Å². The molecule has 0 saturated heterocycles. The zero-order valence-corrected chi connectivity index (χ0v) is 10.3. The number of amides is 1. The van der Waals surface area contributed by atoms with Crippen molar-refractivity contribution in [3.63, 3.8) is 0 Å². The Morgan fingerprint density at radius 3 is 2.62 bits per heavy atom. The van der Waals surface area contributed by atoms with Gasteiger partial charge in [0.25, 0.3) is 0 Å². The highest BCUT2D eigenvalue weighted by molar-refractivity contribution is 7.98. The van der Waals surface area contributed by atoms with Crippen molar-refractivity contribution >= 4 is 29.2 Å². The first-order valence-electron chi connectivity index (χ1n) is 4.65. The number of thioether (sulfide) groups is 1. The third kappa shape index (κ3) is 2.52. The molecule has 0 aliphatic carbocycles. The van der Waals surface area contributed by atoms with Crippen molar-refractivity contribution in [1.29, 1.82) is 0 Å². The van der Waals surface area contributed by atoms with Crippen LogP contribution in [-0.4, -0.2) is 27.6 Å². The molecule has 5 nitrogen and oxygen atoms in total. The first-order chi connectivity index (χ1) is 7.63. The lowest BCUT2D eigenvalue weighted by Gasteiger charge is -1.99. The SMILES string of the molecule is CSc1nc(C)c2c(C)c[nH]c2n1.NC=O. The summed E-state index contributed by atoms with van der Waals surface area (Å²) in [7, 11) is 0. The average Bonchev–Trinajstić information content (AvgIpc) is 2.61. The topological polar surface area (TPSA) is 84.7 Å². The van der Waals surface area contributed by atoms with Crippen LogP contribution in [0.5, 0.6) is 0 Å². The Hall–Kier alpha value is -1.56. The van der Waals surface area contributed by atoms with Crippen molar-refractivity contribution in [3.05, 3.63) is 17.5 Å². The van der Waals surface area contributed by atoms with Gasteiger partial charge in [0.15, 0.2) is 5.16 Å². The number of fused-ring (bicyclic) bond motifs is 1. The molecule has 3 N–H and O–H groups in total. The van der Waals surface area contributed by atoms with Crippen LogP contribution < -0.4 is 5.73 Å². The third-order valence-electron chi connectivity index (χ3n) is 2.07. The molecule has 0 fully saturated rings. The number of carbonyl (C=O) groups is 1. The lowest BCUT2D eigenvalue weighted by molar-refractivity contribution is -0.106. The second-order valence-corrected chi connectivity index (χ2v) is 3.90. The molecule has 0 spiro atoms. The Bertz CT molecular complexity index is 495. The smallest absolute Gasteiger partial charge is 0.204 e. The fourth-order valence-electron chi connectivity index (χ4n) is 1.46. The molecule has 0 aliphatic heterocycles. The number of rotatable bonds is 1. The molecule has 2 rings (SSSR count). The summed E-state index contributed by atoms with van der Waals surface area (Å²) in [6.07, 6.45) is 4.20. The van der Waals surface area contributed by atoms with Crippen molar-refractivity contribution in [2.75, 3.05) is 6.26 Å². The van der Waals surface area contributed by atoms with Crippen molar-refractivity contribution < 1.29 is 4.79 Å². The molecule has 0 aromatic carbocycles. The second kappa shape index (κ2) is 5.50. The van der Waals surface area contributed by atoms with Crippen LogP contribution in [0, 0.1) is 13.8 Å². The van der Waals surface area contributed by atoms with Crippen molar-refractivity contribution in [2.45, 2.75) is 19.0 Å². The number of primary amides is 1. The summed E-state index contributed by atoms with van der Waals surface area (Å²) >= 11 is 1.56. The number of aryl methyl sites for hydroxylation is 2. The molecule has 2 aromatic heterocycles. The maximum Gasteiger partial charge on any atom is 0.204 e. The van der Waals surface area contributed by atoms with Crippen LogP contribution in [0.3, 0.4) is 0 Å². The number of nitrogens with zero attached hydrogens (tertiary/aromatic N) is 2. The van der Waals surface area contributed by atoms with Gasteiger partial charge in [-0.15, -0.1) is 0 Å². The zero-order valence-electron chi connectivity index (χ0n) is 9.44. The lowest BCUT2D eigenvalue weighted by Crippen LogP contribution is -1.91. The Kier molecular flexibility index (Phi) is 4.30. The lowest BCUT2D eigenvalue weighted by atomic mass is 10.2. The largest absolute Gasteiger partial charge is 0.372 e. The van der Waals surface area contributed by atoms with Crippen molar-refractivity contribution in [2.24, 2.45) is 5.73 Å². The van der Waals surface area contributed by atoms with Gasteiger partial charge in [-0.3, -0.25) is 4.79 Å². The van der Waals surface area contributed by atoms with Crippen LogP contribution in [-0.2, 0) is 4.79 Å². The van der Waals surface area contributed by atoms with Gasteiger partial charge in [-0.2, -0.15) is 0 Å². The van der Waals surface area contributed by atoms with Crippen LogP contribution in [0.1, 0.15) is 11.3 Å². The molecular weight excluding hydrogens is 224 g/mol. The van der Waals surface area contributed by atoms with E-state index in [1.54, 1.807) is 11.8 Å². The molecular formula is C10H14N4OS. The molecule has 0 radical (unpaired) electrons. The standard InChI is InChI=1S/C9H11N3S.CH3NO/c1-5-4-10-8-7(5)6(2)11-9(12-8)13-3;2-1-3/h4H,1-3H3,(H,10,11,12);1H,(H2,2,3). The predicted molar refractivity (Wildman–Crippen MR) is 65.4 cm³/mol. The van der Waals surface area contributed by atoms with Crippen molar-refractivity contribution in [3.8, 4) is 0 Å². The van der Waals surface area contributed by atoms with E-state index in [2.05, 4.69) is 27.6 Å². The molecule has 0 bridgehead atoms. The molecule has 0 atom stereocenters. The summed E-state index contributed by atoms with van der Waals surface area (Å²) in [5, 5.41) is 1.98. The number of carbonyl (C=O) groups excluding carboxylic acids is 1. The highest BCUT2D eigenvalue weighted by atomic mass is 32.2. The Morgan fingerprint density at radius 1 is 1.44 bits per heavy atom. The minimum Gasteiger partial charge on any atom is -0.372 e. The molecule has 1 amide bonds. The number of nitrogens with one attached hydrogen (secondary N) is 1.